The third kappa shape index (κ3) is 8.75. The van der Waals surface area contributed by atoms with Crippen LogP contribution in [0.1, 0.15) is 26.3 Å². The Morgan fingerprint density at radius 1 is 1.00 bits per heavy atom. The standard InChI is InChI=1S/C13H22N.CH4O3S/c1-4-14(5-2,6-3)12-13-10-8-7-9-11-13;1-5(2,3)4/h7-11H,4-6,12H2,1-3H3;1H3,(H,2,3,4)/q+1;. The second-order valence-electron chi connectivity index (χ2n) is 4.67. The molecule has 1 N–H and O–H groups in total. The molecule has 110 valence electrons. The lowest BCUT2D eigenvalue weighted by Crippen LogP contribution is -2.46. The van der Waals surface area contributed by atoms with Crippen molar-refractivity contribution in [3.05, 3.63) is 35.9 Å². The fraction of sp³-hybridized carbons (Fsp3) is 0.571. The summed E-state index contributed by atoms with van der Waals surface area (Å²) in [5, 5.41) is 0. The van der Waals surface area contributed by atoms with E-state index in [0.29, 0.717) is 6.26 Å². The van der Waals surface area contributed by atoms with Gasteiger partial charge in [-0.2, -0.15) is 8.42 Å². The van der Waals surface area contributed by atoms with Gasteiger partial charge in [0.2, 0.25) is 0 Å². The quantitative estimate of drug-likeness (QED) is 0.669. The molecule has 0 aromatic heterocycles. The molecule has 0 aliphatic carbocycles. The van der Waals surface area contributed by atoms with E-state index in [1.54, 1.807) is 0 Å². The molecule has 0 saturated carbocycles. The molecule has 0 spiro atoms. The molecule has 0 fully saturated rings. The zero-order valence-electron chi connectivity index (χ0n) is 12.3. The fourth-order valence-electron chi connectivity index (χ4n) is 1.98. The predicted octanol–water partition coefficient (Wildman–Crippen LogP) is 2.57. The fourth-order valence-corrected chi connectivity index (χ4v) is 1.98. The molecule has 0 heterocycles. The maximum absolute atomic E-state index is 9.19. The van der Waals surface area contributed by atoms with Gasteiger partial charge in [0.25, 0.3) is 10.1 Å². The van der Waals surface area contributed by atoms with Crippen LogP contribution in [0.5, 0.6) is 0 Å². The summed E-state index contributed by atoms with van der Waals surface area (Å²) in [6, 6.07) is 10.8. The van der Waals surface area contributed by atoms with Crippen LogP contribution in [-0.2, 0) is 16.7 Å². The number of quaternary nitrogens is 1. The lowest BCUT2D eigenvalue weighted by atomic mass is 10.2. The Hall–Kier alpha value is -0.910. The van der Waals surface area contributed by atoms with Gasteiger partial charge < -0.3 is 4.48 Å². The van der Waals surface area contributed by atoms with Crippen molar-refractivity contribution in [2.24, 2.45) is 0 Å². The molecule has 0 amide bonds. The van der Waals surface area contributed by atoms with Crippen LogP contribution in [0.15, 0.2) is 30.3 Å². The number of rotatable bonds is 5. The highest BCUT2D eigenvalue weighted by molar-refractivity contribution is 7.85. The van der Waals surface area contributed by atoms with Gasteiger partial charge in [-0.3, -0.25) is 4.55 Å². The van der Waals surface area contributed by atoms with Gasteiger partial charge >= 0.3 is 0 Å². The van der Waals surface area contributed by atoms with Crippen LogP contribution < -0.4 is 0 Å². The summed E-state index contributed by atoms with van der Waals surface area (Å²) in [6.07, 6.45) is 0.715. The third-order valence-corrected chi connectivity index (χ3v) is 3.37. The van der Waals surface area contributed by atoms with Gasteiger partial charge in [-0.1, -0.05) is 30.3 Å². The average molecular weight is 288 g/mol. The summed E-state index contributed by atoms with van der Waals surface area (Å²) in [4.78, 5) is 0. The van der Waals surface area contributed by atoms with E-state index < -0.39 is 10.1 Å². The molecule has 4 nitrogen and oxygen atoms in total. The van der Waals surface area contributed by atoms with Gasteiger partial charge in [-0.25, -0.2) is 0 Å². The van der Waals surface area contributed by atoms with Crippen LogP contribution in [0.2, 0.25) is 0 Å². The Balaban J connectivity index is 0.000000555. The Bertz CT molecular complexity index is 423. The normalized spacial score (nSPS) is 11.6. The third-order valence-electron chi connectivity index (χ3n) is 3.37. The molecule has 0 aliphatic rings. The van der Waals surface area contributed by atoms with Crippen LogP contribution in [-0.4, -0.2) is 43.3 Å². The molecule has 0 atom stereocenters. The van der Waals surface area contributed by atoms with Crippen LogP contribution in [0, 0.1) is 0 Å². The van der Waals surface area contributed by atoms with Gasteiger partial charge in [-0.05, 0) is 20.8 Å². The summed E-state index contributed by atoms with van der Waals surface area (Å²) in [5.74, 6) is 0. The van der Waals surface area contributed by atoms with E-state index in [4.69, 9.17) is 4.55 Å². The number of nitrogens with zero attached hydrogens (tertiary/aromatic N) is 1. The highest BCUT2D eigenvalue weighted by atomic mass is 32.2. The molecule has 0 radical (unpaired) electrons. The summed E-state index contributed by atoms with van der Waals surface area (Å²) >= 11 is 0. The summed E-state index contributed by atoms with van der Waals surface area (Å²) < 4.78 is 27.1. The molecule has 0 bridgehead atoms. The first-order valence-corrected chi connectivity index (χ1v) is 8.42. The first kappa shape index (κ1) is 18.1. The highest BCUT2D eigenvalue weighted by Gasteiger charge is 2.20. The van der Waals surface area contributed by atoms with Crippen molar-refractivity contribution in [3.63, 3.8) is 0 Å². The second kappa shape index (κ2) is 8.30. The Morgan fingerprint density at radius 3 is 1.68 bits per heavy atom. The summed E-state index contributed by atoms with van der Waals surface area (Å²) in [6.45, 7) is 11.7. The van der Waals surface area contributed by atoms with E-state index in [2.05, 4.69) is 51.1 Å². The van der Waals surface area contributed by atoms with Gasteiger partial charge in [0, 0.05) is 5.56 Å². The van der Waals surface area contributed by atoms with E-state index in [-0.39, 0.29) is 0 Å². The molecule has 0 aliphatic heterocycles. The molecule has 19 heavy (non-hydrogen) atoms. The van der Waals surface area contributed by atoms with E-state index in [9.17, 15) is 8.42 Å². The number of hydrogen-bond donors (Lipinski definition) is 1. The second-order valence-corrected chi connectivity index (χ2v) is 6.13. The van der Waals surface area contributed by atoms with Gasteiger partial charge in [0.1, 0.15) is 6.54 Å². The van der Waals surface area contributed by atoms with Gasteiger partial charge in [0.05, 0.1) is 25.9 Å². The average Bonchev–Trinajstić information content (AvgIpc) is 2.35. The molecule has 0 unspecified atom stereocenters. The maximum atomic E-state index is 9.19. The van der Waals surface area contributed by atoms with Crippen molar-refractivity contribution in [1.82, 2.24) is 0 Å². The first-order chi connectivity index (χ1) is 8.76. The van der Waals surface area contributed by atoms with Crippen molar-refractivity contribution < 1.29 is 17.5 Å². The first-order valence-electron chi connectivity index (χ1n) is 6.57. The van der Waals surface area contributed by atoms with E-state index in [1.165, 1.54) is 36.2 Å². The van der Waals surface area contributed by atoms with Crippen LogP contribution in [0.4, 0.5) is 0 Å². The Kier molecular flexibility index (Phi) is 7.90. The molecule has 0 saturated heterocycles. The van der Waals surface area contributed by atoms with Crippen molar-refractivity contribution in [2.75, 3.05) is 25.9 Å². The lowest BCUT2D eigenvalue weighted by Gasteiger charge is -2.35. The van der Waals surface area contributed by atoms with Crippen molar-refractivity contribution in [2.45, 2.75) is 27.3 Å². The smallest absolute Gasteiger partial charge is 0.261 e. The predicted molar refractivity (Wildman–Crippen MR) is 79.5 cm³/mol. The highest BCUT2D eigenvalue weighted by Crippen LogP contribution is 2.13. The molecule has 1 aromatic carbocycles. The van der Waals surface area contributed by atoms with Crippen LogP contribution >= 0.6 is 0 Å². The van der Waals surface area contributed by atoms with Gasteiger partial charge in [0.15, 0.2) is 0 Å². The van der Waals surface area contributed by atoms with Crippen LogP contribution in [0.25, 0.3) is 0 Å². The van der Waals surface area contributed by atoms with Gasteiger partial charge in [-0.15, -0.1) is 0 Å². The monoisotopic (exact) mass is 288 g/mol. The zero-order valence-corrected chi connectivity index (χ0v) is 13.2. The minimum Gasteiger partial charge on any atom is -0.321 e. The largest absolute Gasteiger partial charge is 0.321 e. The Labute approximate surface area is 117 Å². The van der Waals surface area contributed by atoms with Crippen molar-refractivity contribution >= 4 is 10.1 Å². The summed E-state index contributed by atoms with van der Waals surface area (Å²) in [5.41, 5.74) is 1.46. The topological polar surface area (TPSA) is 54.4 Å². The van der Waals surface area contributed by atoms with E-state index in [0.717, 1.165) is 0 Å². The summed E-state index contributed by atoms with van der Waals surface area (Å²) in [7, 11) is -3.67. The minimum atomic E-state index is -3.67. The zero-order chi connectivity index (χ0) is 14.9. The molecule has 5 heteroatoms. The molecular weight excluding hydrogens is 262 g/mol. The van der Waals surface area contributed by atoms with Crippen molar-refractivity contribution in [3.8, 4) is 0 Å². The molecule has 1 aromatic rings. The molecule has 1 rings (SSSR count). The van der Waals surface area contributed by atoms with Crippen LogP contribution in [0.3, 0.4) is 0 Å². The number of benzene rings is 1. The Morgan fingerprint density at radius 2 is 1.37 bits per heavy atom. The van der Waals surface area contributed by atoms with Crippen molar-refractivity contribution in [1.29, 1.82) is 0 Å². The maximum Gasteiger partial charge on any atom is 0.261 e. The minimum absolute atomic E-state index is 0.715. The van der Waals surface area contributed by atoms with E-state index in [1.807, 2.05) is 0 Å². The number of hydrogen-bond acceptors (Lipinski definition) is 2. The molecular formula is C14H26NO3S+. The lowest BCUT2D eigenvalue weighted by molar-refractivity contribution is -0.936. The SMILES string of the molecule is CC[N+](CC)(CC)Cc1ccccc1.CS(=O)(=O)O. The van der Waals surface area contributed by atoms with E-state index >= 15 is 0 Å².